The van der Waals surface area contributed by atoms with Crippen LogP contribution in [0.3, 0.4) is 0 Å². The van der Waals surface area contributed by atoms with Crippen molar-refractivity contribution < 1.29 is 22.0 Å². The molecule has 166 valence electrons. The second-order valence-corrected chi connectivity index (χ2v) is 7.55. The van der Waals surface area contributed by atoms with Gasteiger partial charge in [-0.25, -0.2) is 18.7 Å². The highest BCUT2D eigenvalue weighted by Crippen LogP contribution is 2.41. The van der Waals surface area contributed by atoms with Gasteiger partial charge in [-0.05, 0) is 60.7 Å². The molecule has 1 fully saturated rings. The lowest BCUT2D eigenvalue weighted by Crippen LogP contribution is -2.38. The summed E-state index contributed by atoms with van der Waals surface area (Å²) >= 11 is 0. The highest BCUT2D eigenvalue weighted by Gasteiger charge is 2.45. The number of hydrogen-bond acceptors (Lipinski definition) is 4. The minimum atomic E-state index is -4.62. The number of halogens is 5. The average molecular weight is 438 g/mol. The Morgan fingerprint density at radius 1 is 1.19 bits per heavy atom. The molecule has 0 saturated heterocycles. The van der Waals surface area contributed by atoms with E-state index in [9.17, 15) is 22.0 Å². The van der Waals surface area contributed by atoms with Gasteiger partial charge in [-0.1, -0.05) is 13.0 Å². The van der Waals surface area contributed by atoms with Gasteiger partial charge in [0.05, 0.1) is 18.1 Å². The van der Waals surface area contributed by atoms with Gasteiger partial charge >= 0.3 is 6.18 Å². The topological polar surface area (TPSA) is 63.8 Å². The Kier molecular flexibility index (Phi) is 6.62. The fraction of sp³-hybridized carbons (Fsp3) is 0.364. The zero-order valence-corrected chi connectivity index (χ0v) is 16.9. The molecule has 2 aliphatic carbocycles. The van der Waals surface area contributed by atoms with Gasteiger partial charge in [0, 0.05) is 12.0 Å². The van der Waals surface area contributed by atoms with E-state index in [1.54, 1.807) is 0 Å². The van der Waals surface area contributed by atoms with Crippen LogP contribution in [-0.2, 0) is 6.42 Å². The lowest BCUT2D eigenvalue weighted by molar-refractivity contribution is -0.134. The number of nitrogens with one attached hydrogen (secondary N) is 1. The van der Waals surface area contributed by atoms with Crippen LogP contribution in [-0.4, -0.2) is 22.2 Å². The lowest BCUT2D eigenvalue weighted by Gasteiger charge is -2.26. The molecule has 4 nitrogen and oxygen atoms in total. The van der Waals surface area contributed by atoms with E-state index < -0.39 is 23.9 Å². The molecule has 1 saturated carbocycles. The molecule has 1 atom stereocenters. The minimum absolute atomic E-state index is 0.0323. The fourth-order valence-electron chi connectivity index (χ4n) is 3.76. The number of benzene rings is 1. The smallest absolute Gasteiger partial charge is 0.405 e. The third-order valence-corrected chi connectivity index (χ3v) is 5.54. The van der Waals surface area contributed by atoms with E-state index in [1.165, 1.54) is 25.5 Å². The number of rotatable bonds is 4. The Morgan fingerprint density at radius 2 is 1.81 bits per heavy atom. The Hall–Kier alpha value is -2.97. The quantitative estimate of drug-likeness (QED) is 0.621. The predicted octanol–water partition coefficient (Wildman–Crippen LogP) is 5.48. The van der Waals surface area contributed by atoms with Gasteiger partial charge in [-0.3, -0.25) is 0 Å². The molecule has 2 aliphatic rings. The van der Waals surface area contributed by atoms with Crippen molar-refractivity contribution >= 4 is 11.3 Å². The first-order valence-corrected chi connectivity index (χ1v) is 9.81. The van der Waals surface area contributed by atoms with Gasteiger partial charge in [0.15, 0.2) is 0 Å². The number of anilines is 1. The molecule has 3 N–H and O–H groups in total. The zero-order valence-electron chi connectivity index (χ0n) is 16.9. The van der Waals surface area contributed by atoms with E-state index in [4.69, 9.17) is 0 Å². The van der Waals surface area contributed by atoms with Crippen molar-refractivity contribution in [1.29, 1.82) is 0 Å². The number of nitrogens with two attached hydrogens (primary N) is 1. The lowest BCUT2D eigenvalue weighted by atomic mass is 9.85. The summed E-state index contributed by atoms with van der Waals surface area (Å²) in [6.07, 6.45) is 2.17. The van der Waals surface area contributed by atoms with E-state index in [0.717, 1.165) is 25.3 Å². The average Bonchev–Trinajstić information content (AvgIpc) is 2.96. The SMILES string of the molecule is C=CN.CC1=C(C(Nc2cnc(C3CCC3)nc2)C(F)(F)F)Cc2c(F)cc(F)cc21. The van der Waals surface area contributed by atoms with Gasteiger partial charge in [0.1, 0.15) is 23.5 Å². The number of allylic oxidation sites excluding steroid dienone is 1. The first-order chi connectivity index (χ1) is 14.7. The number of fused-ring (bicyclic) bond motifs is 1. The standard InChI is InChI=1S/C20H18F5N3.C2H5N/c1-10-14-5-12(21)6-17(22)16(14)7-15(10)18(20(23,24)25)28-13-8-26-19(27-9-13)11-3-2-4-11;1-2-3/h5-6,8-9,11,18,28H,2-4,7H2,1H3;2H,1,3H2. The number of alkyl halides is 3. The summed E-state index contributed by atoms with van der Waals surface area (Å²) in [5, 5.41) is 2.44. The summed E-state index contributed by atoms with van der Waals surface area (Å²) in [7, 11) is 0. The highest BCUT2D eigenvalue weighted by atomic mass is 19.4. The second-order valence-electron chi connectivity index (χ2n) is 7.55. The molecule has 9 heteroatoms. The summed E-state index contributed by atoms with van der Waals surface area (Å²) in [5.74, 6) is -0.729. The molecule has 4 rings (SSSR count). The molecule has 31 heavy (non-hydrogen) atoms. The Labute approximate surface area is 177 Å². The summed E-state index contributed by atoms with van der Waals surface area (Å²) in [5.41, 5.74) is 5.21. The van der Waals surface area contributed by atoms with Gasteiger partial charge < -0.3 is 11.1 Å². The van der Waals surface area contributed by atoms with Crippen molar-refractivity contribution in [3.8, 4) is 0 Å². The van der Waals surface area contributed by atoms with Crippen molar-refractivity contribution in [3.05, 3.63) is 71.5 Å². The fourth-order valence-corrected chi connectivity index (χ4v) is 3.76. The maximum atomic E-state index is 14.1. The van der Waals surface area contributed by atoms with Crippen LogP contribution in [0, 0.1) is 11.6 Å². The molecule has 0 bridgehead atoms. The molecule has 2 aromatic rings. The molecular formula is C22H23F5N4. The van der Waals surface area contributed by atoms with E-state index in [-0.39, 0.29) is 40.3 Å². The third kappa shape index (κ3) is 4.86. The van der Waals surface area contributed by atoms with Crippen molar-refractivity contribution in [2.75, 3.05) is 5.32 Å². The van der Waals surface area contributed by atoms with Crippen LogP contribution < -0.4 is 11.1 Å². The second kappa shape index (κ2) is 9.03. The molecule has 1 aromatic heterocycles. The van der Waals surface area contributed by atoms with Gasteiger partial charge in [-0.2, -0.15) is 13.2 Å². The van der Waals surface area contributed by atoms with Crippen LogP contribution in [0.15, 0.2) is 42.9 Å². The molecule has 0 radical (unpaired) electrons. The Morgan fingerprint density at radius 3 is 2.32 bits per heavy atom. The highest BCUT2D eigenvalue weighted by molar-refractivity contribution is 5.77. The maximum absolute atomic E-state index is 14.1. The summed E-state index contributed by atoms with van der Waals surface area (Å²) in [6, 6.07) is -0.275. The molecule has 1 aromatic carbocycles. The zero-order chi connectivity index (χ0) is 22.8. The predicted molar refractivity (Wildman–Crippen MR) is 109 cm³/mol. The van der Waals surface area contributed by atoms with Crippen molar-refractivity contribution in [3.63, 3.8) is 0 Å². The largest absolute Gasteiger partial charge is 0.412 e. The van der Waals surface area contributed by atoms with Crippen LogP contribution in [0.25, 0.3) is 5.57 Å². The Balaban J connectivity index is 0.000000858. The summed E-state index contributed by atoms with van der Waals surface area (Å²) in [4.78, 5) is 8.36. The van der Waals surface area contributed by atoms with Gasteiger partial charge in [0.25, 0.3) is 0 Å². The van der Waals surface area contributed by atoms with E-state index in [0.29, 0.717) is 11.9 Å². The minimum Gasteiger partial charge on any atom is -0.405 e. The molecule has 1 unspecified atom stereocenters. The summed E-state index contributed by atoms with van der Waals surface area (Å²) < 4.78 is 69.0. The molecule has 0 amide bonds. The van der Waals surface area contributed by atoms with E-state index >= 15 is 0 Å². The monoisotopic (exact) mass is 438 g/mol. The third-order valence-electron chi connectivity index (χ3n) is 5.54. The molecular weight excluding hydrogens is 415 g/mol. The van der Waals surface area contributed by atoms with Crippen molar-refractivity contribution in [2.24, 2.45) is 5.73 Å². The van der Waals surface area contributed by atoms with Crippen LogP contribution in [0.2, 0.25) is 0 Å². The number of nitrogens with zero attached hydrogens (tertiary/aromatic N) is 2. The molecule has 0 aliphatic heterocycles. The Bertz CT molecular complexity index is 979. The number of aromatic nitrogens is 2. The number of hydrogen-bond donors (Lipinski definition) is 2. The van der Waals surface area contributed by atoms with Crippen LogP contribution in [0.5, 0.6) is 0 Å². The normalized spacial score (nSPS) is 16.7. The first kappa shape index (κ1) is 22.7. The van der Waals surface area contributed by atoms with Crippen LogP contribution in [0.4, 0.5) is 27.6 Å². The van der Waals surface area contributed by atoms with Crippen LogP contribution in [0.1, 0.15) is 49.1 Å². The maximum Gasteiger partial charge on any atom is 0.412 e. The van der Waals surface area contributed by atoms with Gasteiger partial charge in [0.2, 0.25) is 0 Å². The summed E-state index contributed by atoms with van der Waals surface area (Å²) in [6.45, 7) is 4.59. The van der Waals surface area contributed by atoms with Gasteiger partial charge in [-0.15, -0.1) is 0 Å². The van der Waals surface area contributed by atoms with E-state index in [1.807, 2.05) is 0 Å². The first-order valence-electron chi connectivity index (χ1n) is 9.81. The molecule has 1 heterocycles. The molecule has 0 spiro atoms. The van der Waals surface area contributed by atoms with Crippen molar-refractivity contribution in [2.45, 2.75) is 50.7 Å². The van der Waals surface area contributed by atoms with Crippen molar-refractivity contribution in [1.82, 2.24) is 9.97 Å². The van der Waals surface area contributed by atoms with Crippen LogP contribution >= 0.6 is 0 Å². The van der Waals surface area contributed by atoms with E-state index in [2.05, 4.69) is 27.6 Å².